The molecule has 2 amide bonds. The summed E-state index contributed by atoms with van der Waals surface area (Å²) in [6.07, 6.45) is 3.39. The molecule has 7 nitrogen and oxygen atoms in total. The van der Waals surface area contributed by atoms with Crippen LogP contribution in [0, 0.1) is 0 Å². The van der Waals surface area contributed by atoms with Crippen molar-refractivity contribution in [3.8, 4) is 0 Å². The molecule has 0 spiro atoms. The summed E-state index contributed by atoms with van der Waals surface area (Å²) in [6, 6.07) is 10.2. The molecule has 2 aromatic rings. The van der Waals surface area contributed by atoms with Crippen molar-refractivity contribution in [3.05, 3.63) is 52.2 Å². The maximum Gasteiger partial charge on any atom is 0.264 e. The molecule has 9 heteroatoms. The first-order chi connectivity index (χ1) is 15.4. The topological polar surface area (TPSA) is 78.0 Å². The van der Waals surface area contributed by atoms with E-state index in [2.05, 4.69) is 6.92 Å². The fourth-order valence-corrected chi connectivity index (χ4v) is 6.53. The zero-order valence-corrected chi connectivity index (χ0v) is 19.9. The van der Waals surface area contributed by atoms with Gasteiger partial charge in [-0.25, -0.2) is 8.42 Å². The van der Waals surface area contributed by atoms with Crippen molar-refractivity contribution in [2.75, 3.05) is 32.7 Å². The lowest BCUT2D eigenvalue weighted by atomic mass is 10.1. The van der Waals surface area contributed by atoms with Crippen molar-refractivity contribution in [2.45, 2.75) is 43.5 Å². The number of aryl methyl sites for hydroxylation is 1. The molecule has 0 aliphatic carbocycles. The van der Waals surface area contributed by atoms with E-state index in [9.17, 15) is 18.0 Å². The Kier molecular flexibility index (Phi) is 6.97. The lowest BCUT2D eigenvalue weighted by Gasteiger charge is -2.36. The fourth-order valence-electron chi connectivity index (χ4n) is 4.43. The van der Waals surface area contributed by atoms with Crippen LogP contribution in [0.1, 0.15) is 41.4 Å². The molecule has 0 bridgehead atoms. The third-order valence-electron chi connectivity index (χ3n) is 6.18. The second kappa shape index (κ2) is 9.72. The molecule has 1 aromatic carbocycles. The number of hydrogen-bond donors (Lipinski definition) is 0. The van der Waals surface area contributed by atoms with E-state index in [0.29, 0.717) is 35.8 Å². The van der Waals surface area contributed by atoms with Gasteiger partial charge in [0.2, 0.25) is 15.9 Å². The number of carbonyl (C=O) groups is 2. The molecule has 2 aliphatic heterocycles. The van der Waals surface area contributed by atoms with Crippen LogP contribution in [-0.4, -0.2) is 73.1 Å². The van der Waals surface area contributed by atoms with Crippen LogP contribution in [0.4, 0.5) is 0 Å². The molecule has 32 heavy (non-hydrogen) atoms. The Morgan fingerprint density at radius 3 is 2.38 bits per heavy atom. The molecule has 2 fully saturated rings. The predicted molar refractivity (Wildman–Crippen MR) is 124 cm³/mol. The zero-order valence-electron chi connectivity index (χ0n) is 18.3. The molecule has 3 heterocycles. The maximum absolute atomic E-state index is 13.2. The van der Waals surface area contributed by atoms with E-state index >= 15 is 0 Å². The van der Waals surface area contributed by atoms with Crippen molar-refractivity contribution < 1.29 is 18.0 Å². The van der Waals surface area contributed by atoms with E-state index in [1.54, 1.807) is 28.0 Å². The van der Waals surface area contributed by atoms with E-state index in [-0.39, 0.29) is 24.9 Å². The van der Waals surface area contributed by atoms with Crippen LogP contribution in [0.15, 0.2) is 46.7 Å². The summed E-state index contributed by atoms with van der Waals surface area (Å²) in [5.41, 5.74) is 1.13. The second-order valence-electron chi connectivity index (χ2n) is 8.26. The van der Waals surface area contributed by atoms with Gasteiger partial charge in [-0.2, -0.15) is 4.31 Å². The van der Waals surface area contributed by atoms with Gasteiger partial charge in [-0.3, -0.25) is 9.59 Å². The van der Waals surface area contributed by atoms with Gasteiger partial charge in [-0.15, -0.1) is 11.3 Å². The molecule has 1 atom stereocenters. The predicted octanol–water partition coefficient (Wildman–Crippen LogP) is 2.84. The Labute approximate surface area is 193 Å². The van der Waals surface area contributed by atoms with E-state index in [1.807, 2.05) is 23.6 Å². The minimum absolute atomic E-state index is 0.0756. The average Bonchev–Trinajstić information content (AvgIpc) is 3.51. The number of likely N-dealkylation sites (tertiary alicyclic amines) is 1. The minimum atomic E-state index is -3.58. The Balaban J connectivity index is 1.38. The summed E-state index contributed by atoms with van der Waals surface area (Å²) in [5, 5.41) is 1.86. The van der Waals surface area contributed by atoms with Gasteiger partial charge in [0.1, 0.15) is 6.04 Å². The van der Waals surface area contributed by atoms with Gasteiger partial charge in [-0.1, -0.05) is 31.5 Å². The number of benzene rings is 1. The van der Waals surface area contributed by atoms with Gasteiger partial charge >= 0.3 is 0 Å². The molecular formula is C23H29N3O4S2. The van der Waals surface area contributed by atoms with Crippen LogP contribution in [0.5, 0.6) is 0 Å². The van der Waals surface area contributed by atoms with Crippen LogP contribution in [0.25, 0.3) is 0 Å². The Bertz CT molecular complexity index is 1040. The highest BCUT2D eigenvalue weighted by molar-refractivity contribution is 7.89. The van der Waals surface area contributed by atoms with Crippen LogP contribution in [-0.2, 0) is 21.2 Å². The zero-order chi connectivity index (χ0) is 22.7. The lowest BCUT2D eigenvalue weighted by molar-refractivity contribution is -0.136. The van der Waals surface area contributed by atoms with Crippen LogP contribution in [0.2, 0.25) is 0 Å². The van der Waals surface area contributed by atoms with E-state index < -0.39 is 16.1 Å². The standard InChI is InChI=1S/C23H29N3O4S2/c1-2-5-18-8-10-19(11-9-18)32(29,30)25-15-13-24(14-16-25)22(27)20-6-3-12-26(20)23(28)21-7-4-17-31-21/h4,7-11,17,20H,2-3,5-6,12-16H2,1H3/t20-/m0/s1. The molecule has 0 N–H and O–H groups in total. The highest BCUT2D eigenvalue weighted by Gasteiger charge is 2.39. The smallest absolute Gasteiger partial charge is 0.264 e. The molecule has 0 radical (unpaired) electrons. The summed E-state index contributed by atoms with van der Waals surface area (Å²) in [5.74, 6) is -0.169. The molecule has 4 rings (SSSR count). The molecule has 2 saturated heterocycles. The number of carbonyl (C=O) groups excluding carboxylic acids is 2. The monoisotopic (exact) mass is 475 g/mol. The minimum Gasteiger partial charge on any atom is -0.338 e. The largest absolute Gasteiger partial charge is 0.338 e. The van der Waals surface area contributed by atoms with Crippen LogP contribution < -0.4 is 0 Å². The number of rotatable bonds is 6. The van der Waals surface area contributed by atoms with Crippen molar-refractivity contribution in [1.29, 1.82) is 0 Å². The summed E-state index contributed by atoms with van der Waals surface area (Å²) in [4.78, 5) is 30.3. The number of hydrogen-bond acceptors (Lipinski definition) is 5. The number of sulfonamides is 1. The fraction of sp³-hybridized carbons (Fsp3) is 0.478. The van der Waals surface area contributed by atoms with Crippen molar-refractivity contribution in [3.63, 3.8) is 0 Å². The maximum atomic E-state index is 13.2. The summed E-state index contributed by atoms with van der Waals surface area (Å²) >= 11 is 1.38. The Morgan fingerprint density at radius 1 is 1.03 bits per heavy atom. The van der Waals surface area contributed by atoms with Crippen LogP contribution >= 0.6 is 11.3 Å². The van der Waals surface area contributed by atoms with Gasteiger partial charge in [0.15, 0.2) is 0 Å². The Hall–Kier alpha value is -2.23. The first-order valence-corrected chi connectivity index (χ1v) is 13.5. The van der Waals surface area contributed by atoms with Crippen molar-refractivity contribution in [1.82, 2.24) is 14.1 Å². The van der Waals surface area contributed by atoms with Gasteiger partial charge in [0.25, 0.3) is 5.91 Å². The number of thiophene rings is 1. The summed E-state index contributed by atoms with van der Waals surface area (Å²) in [6.45, 7) is 3.86. The second-order valence-corrected chi connectivity index (χ2v) is 11.1. The molecule has 2 aliphatic rings. The summed E-state index contributed by atoms with van der Waals surface area (Å²) < 4.78 is 27.5. The molecule has 172 valence electrons. The highest BCUT2D eigenvalue weighted by Crippen LogP contribution is 2.25. The average molecular weight is 476 g/mol. The number of piperazine rings is 1. The van der Waals surface area contributed by atoms with E-state index in [0.717, 1.165) is 24.8 Å². The number of amides is 2. The van der Waals surface area contributed by atoms with Gasteiger partial charge in [-0.05, 0) is 48.4 Å². The van der Waals surface area contributed by atoms with Crippen LogP contribution in [0.3, 0.4) is 0 Å². The molecule has 0 saturated carbocycles. The SMILES string of the molecule is CCCc1ccc(S(=O)(=O)N2CCN(C(=O)[C@@H]3CCCN3C(=O)c3cccs3)CC2)cc1. The normalized spacial score (nSPS) is 20.0. The molecule has 0 unspecified atom stereocenters. The van der Waals surface area contributed by atoms with Gasteiger partial charge in [0.05, 0.1) is 9.77 Å². The van der Waals surface area contributed by atoms with E-state index in [4.69, 9.17) is 0 Å². The van der Waals surface area contributed by atoms with Gasteiger partial charge in [0, 0.05) is 32.7 Å². The number of nitrogens with zero attached hydrogens (tertiary/aromatic N) is 3. The summed E-state index contributed by atoms with van der Waals surface area (Å²) in [7, 11) is -3.58. The highest BCUT2D eigenvalue weighted by atomic mass is 32.2. The van der Waals surface area contributed by atoms with Gasteiger partial charge < -0.3 is 9.80 Å². The first kappa shape index (κ1) is 22.9. The van der Waals surface area contributed by atoms with E-state index in [1.165, 1.54) is 15.6 Å². The van der Waals surface area contributed by atoms with Crippen molar-refractivity contribution in [2.24, 2.45) is 0 Å². The van der Waals surface area contributed by atoms with Crippen molar-refractivity contribution >= 4 is 33.2 Å². The Morgan fingerprint density at radius 2 is 1.75 bits per heavy atom. The molecule has 1 aromatic heterocycles. The third kappa shape index (κ3) is 4.60. The lowest BCUT2D eigenvalue weighted by Crippen LogP contribution is -2.55. The third-order valence-corrected chi connectivity index (χ3v) is 8.95. The molecular weight excluding hydrogens is 446 g/mol. The quantitative estimate of drug-likeness (QED) is 0.644. The first-order valence-electron chi connectivity index (χ1n) is 11.1.